The molecule has 2 aliphatic rings. The molecule has 4 rings (SSSR count). The maximum absolute atomic E-state index is 12.7. The van der Waals surface area contributed by atoms with Gasteiger partial charge in [0, 0.05) is 48.9 Å². The van der Waals surface area contributed by atoms with Gasteiger partial charge in [-0.1, -0.05) is 6.92 Å². The number of nitrogens with zero attached hydrogens (tertiary/aromatic N) is 2. The van der Waals surface area contributed by atoms with E-state index in [1.54, 1.807) is 25.1 Å². The van der Waals surface area contributed by atoms with Crippen molar-refractivity contribution in [3.8, 4) is 6.07 Å². The maximum atomic E-state index is 12.7. The molecule has 0 bridgehead atoms. The van der Waals surface area contributed by atoms with E-state index in [1.807, 2.05) is 29.2 Å². The lowest BCUT2D eigenvalue weighted by Gasteiger charge is -2.46. The Hall–Kier alpha value is -3.37. The topological polar surface area (TPSA) is 111 Å². The summed E-state index contributed by atoms with van der Waals surface area (Å²) in [4.78, 5) is 27.3. The number of nitrogens with one attached hydrogen (secondary N) is 2. The van der Waals surface area contributed by atoms with Crippen LogP contribution in [0.15, 0.2) is 42.5 Å². The summed E-state index contributed by atoms with van der Waals surface area (Å²) < 4.78 is 0. The van der Waals surface area contributed by atoms with Gasteiger partial charge in [0.25, 0.3) is 5.91 Å². The van der Waals surface area contributed by atoms with Gasteiger partial charge in [0.05, 0.1) is 17.7 Å². The number of nitrogens with two attached hydrogens (primary N) is 1. The zero-order chi connectivity index (χ0) is 22.8. The van der Waals surface area contributed by atoms with Crippen LogP contribution in [0.2, 0.25) is 0 Å². The number of carbonyl (C=O) groups excluding carboxylic acids is 2. The van der Waals surface area contributed by atoms with Gasteiger partial charge < -0.3 is 21.3 Å². The summed E-state index contributed by atoms with van der Waals surface area (Å²) in [6.07, 6.45) is 2.24. The first kappa shape index (κ1) is 21.8. The molecule has 2 aromatic carbocycles. The summed E-state index contributed by atoms with van der Waals surface area (Å²) in [6, 6.07) is 15.1. The lowest BCUT2D eigenvalue weighted by Crippen LogP contribution is -2.51. The third-order valence-corrected chi connectivity index (χ3v) is 6.46. The van der Waals surface area contributed by atoms with Crippen molar-refractivity contribution < 1.29 is 9.59 Å². The first-order valence-electron chi connectivity index (χ1n) is 11.1. The van der Waals surface area contributed by atoms with E-state index >= 15 is 0 Å². The highest BCUT2D eigenvalue weighted by Gasteiger charge is 2.47. The standard InChI is InChI=1S/C25H29N5O2/c1-15-23(29-20-8-3-17(14-27)4-9-20)21-13-19(25(32)28-12-11-26)7-10-22(21)30(16(2)31)24(15)18-5-6-18/h3-4,7-10,13,15,18,23-24,29H,5-6,11-12,26H2,1-2H3,(H,28,32)/t15-,23-,24-/m1/s1. The second kappa shape index (κ2) is 9.01. The predicted octanol–water partition coefficient (Wildman–Crippen LogP) is 3.18. The van der Waals surface area contributed by atoms with Crippen LogP contribution in [0.3, 0.4) is 0 Å². The summed E-state index contributed by atoms with van der Waals surface area (Å²) in [6.45, 7) is 4.56. The minimum Gasteiger partial charge on any atom is -0.378 e. The SMILES string of the molecule is CC(=O)N1c2ccc(C(=O)NCCN)cc2[C@H](Nc2ccc(C#N)cc2)[C@@H](C)[C@@H]1C1CC1. The lowest BCUT2D eigenvalue weighted by atomic mass is 9.79. The fraction of sp³-hybridized carbons (Fsp3) is 0.400. The zero-order valence-electron chi connectivity index (χ0n) is 18.5. The average molecular weight is 432 g/mol. The Balaban J connectivity index is 1.76. The third-order valence-electron chi connectivity index (χ3n) is 6.46. The number of amides is 2. The minimum atomic E-state index is -0.179. The molecule has 32 heavy (non-hydrogen) atoms. The van der Waals surface area contributed by atoms with E-state index in [0.29, 0.717) is 30.1 Å². The van der Waals surface area contributed by atoms with Gasteiger partial charge in [-0.25, -0.2) is 0 Å². The molecule has 2 aromatic rings. The van der Waals surface area contributed by atoms with Crippen LogP contribution >= 0.6 is 0 Å². The Labute approximate surface area is 188 Å². The van der Waals surface area contributed by atoms with Crippen molar-refractivity contribution in [2.75, 3.05) is 23.3 Å². The minimum absolute atomic E-state index is 0.0205. The van der Waals surface area contributed by atoms with E-state index in [1.165, 1.54) is 0 Å². The number of fused-ring (bicyclic) bond motifs is 1. The van der Waals surface area contributed by atoms with Crippen molar-refractivity contribution in [3.63, 3.8) is 0 Å². The molecule has 4 N–H and O–H groups in total. The smallest absolute Gasteiger partial charge is 0.251 e. The number of rotatable bonds is 6. The highest BCUT2D eigenvalue weighted by molar-refractivity contribution is 5.98. The van der Waals surface area contributed by atoms with Crippen molar-refractivity contribution >= 4 is 23.2 Å². The normalized spacial score (nSPS) is 21.9. The second-order valence-electron chi connectivity index (χ2n) is 8.71. The van der Waals surface area contributed by atoms with E-state index < -0.39 is 0 Å². The molecule has 1 aliphatic heterocycles. The van der Waals surface area contributed by atoms with Crippen LogP contribution in [-0.4, -0.2) is 30.9 Å². The van der Waals surface area contributed by atoms with Crippen molar-refractivity contribution in [2.24, 2.45) is 17.6 Å². The lowest BCUT2D eigenvalue weighted by molar-refractivity contribution is -0.117. The number of carbonyl (C=O) groups is 2. The number of benzene rings is 2. The molecule has 1 fully saturated rings. The quantitative estimate of drug-likeness (QED) is 0.650. The summed E-state index contributed by atoms with van der Waals surface area (Å²) in [5.41, 5.74) is 9.35. The largest absolute Gasteiger partial charge is 0.378 e. The molecule has 7 heteroatoms. The molecule has 1 saturated carbocycles. The highest BCUT2D eigenvalue weighted by atomic mass is 16.2. The zero-order valence-corrected chi connectivity index (χ0v) is 18.5. The van der Waals surface area contributed by atoms with Crippen LogP contribution in [-0.2, 0) is 4.79 Å². The van der Waals surface area contributed by atoms with Gasteiger partial charge in [-0.2, -0.15) is 5.26 Å². The van der Waals surface area contributed by atoms with Gasteiger partial charge in [-0.3, -0.25) is 9.59 Å². The number of hydrogen-bond acceptors (Lipinski definition) is 5. The molecule has 7 nitrogen and oxygen atoms in total. The van der Waals surface area contributed by atoms with E-state index in [9.17, 15) is 9.59 Å². The van der Waals surface area contributed by atoms with Crippen LogP contribution in [0.1, 0.15) is 54.2 Å². The molecule has 0 spiro atoms. The second-order valence-corrected chi connectivity index (χ2v) is 8.71. The van der Waals surface area contributed by atoms with Crippen LogP contribution in [0, 0.1) is 23.2 Å². The fourth-order valence-electron chi connectivity index (χ4n) is 4.82. The monoisotopic (exact) mass is 431 g/mol. The van der Waals surface area contributed by atoms with Gasteiger partial charge in [0.2, 0.25) is 5.91 Å². The molecule has 0 aromatic heterocycles. The Bertz CT molecular complexity index is 1050. The van der Waals surface area contributed by atoms with Crippen LogP contribution < -0.4 is 21.3 Å². The Kier molecular flexibility index (Phi) is 6.15. The summed E-state index contributed by atoms with van der Waals surface area (Å²) in [5, 5.41) is 15.5. The molecular weight excluding hydrogens is 402 g/mol. The van der Waals surface area contributed by atoms with Gasteiger partial charge in [-0.05, 0) is 66.8 Å². The summed E-state index contributed by atoms with van der Waals surface area (Å²) in [5.74, 6) is 0.464. The molecular formula is C25H29N5O2. The van der Waals surface area contributed by atoms with Gasteiger partial charge in [0.1, 0.15) is 0 Å². The fourth-order valence-corrected chi connectivity index (χ4v) is 4.82. The summed E-state index contributed by atoms with van der Waals surface area (Å²) in [7, 11) is 0. The Morgan fingerprint density at radius 3 is 2.50 bits per heavy atom. The maximum Gasteiger partial charge on any atom is 0.251 e. The molecule has 0 saturated heterocycles. The molecule has 166 valence electrons. The van der Waals surface area contributed by atoms with E-state index in [-0.39, 0.29) is 29.8 Å². The van der Waals surface area contributed by atoms with E-state index in [2.05, 4.69) is 23.6 Å². The predicted molar refractivity (Wildman–Crippen MR) is 124 cm³/mol. The number of anilines is 2. The third kappa shape index (κ3) is 4.19. The van der Waals surface area contributed by atoms with Crippen LogP contribution in [0.4, 0.5) is 11.4 Å². The first-order valence-corrected chi connectivity index (χ1v) is 11.1. The van der Waals surface area contributed by atoms with Crippen LogP contribution in [0.25, 0.3) is 0 Å². The first-order chi connectivity index (χ1) is 15.4. The van der Waals surface area contributed by atoms with Gasteiger partial charge in [0.15, 0.2) is 0 Å². The average Bonchev–Trinajstić information content (AvgIpc) is 3.64. The van der Waals surface area contributed by atoms with Crippen molar-refractivity contribution in [3.05, 3.63) is 59.2 Å². The van der Waals surface area contributed by atoms with Crippen molar-refractivity contribution in [2.45, 2.75) is 38.8 Å². The van der Waals surface area contributed by atoms with Crippen molar-refractivity contribution in [1.82, 2.24) is 5.32 Å². The Morgan fingerprint density at radius 2 is 1.91 bits per heavy atom. The van der Waals surface area contributed by atoms with E-state index in [4.69, 9.17) is 11.0 Å². The van der Waals surface area contributed by atoms with Gasteiger partial charge >= 0.3 is 0 Å². The number of hydrogen-bond donors (Lipinski definition) is 3. The molecule has 0 radical (unpaired) electrons. The van der Waals surface area contributed by atoms with E-state index in [0.717, 1.165) is 29.8 Å². The molecule has 1 heterocycles. The van der Waals surface area contributed by atoms with Gasteiger partial charge in [-0.15, -0.1) is 0 Å². The number of nitriles is 1. The molecule has 1 aliphatic carbocycles. The highest BCUT2D eigenvalue weighted by Crippen LogP contribution is 2.50. The van der Waals surface area contributed by atoms with Crippen LogP contribution in [0.5, 0.6) is 0 Å². The molecule has 0 unspecified atom stereocenters. The Morgan fingerprint density at radius 1 is 1.19 bits per heavy atom. The summed E-state index contributed by atoms with van der Waals surface area (Å²) >= 11 is 0. The molecule has 2 amide bonds. The molecule has 3 atom stereocenters. The van der Waals surface area contributed by atoms with Crippen molar-refractivity contribution in [1.29, 1.82) is 5.26 Å².